The van der Waals surface area contributed by atoms with Crippen LogP contribution >= 0.6 is 0 Å². The minimum absolute atomic E-state index is 1.13. The highest BCUT2D eigenvalue weighted by molar-refractivity contribution is 4.89. The summed E-state index contributed by atoms with van der Waals surface area (Å²) >= 11 is 0. The maximum atomic E-state index is 2.35. The first-order valence-corrected chi connectivity index (χ1v) is 9.38. The minimum atomic E-state index is 1.13. The van der Waals surface area contributed by atoms with Crippen molar-refractivity contribution in [1.82, 2.24) is 0 Å². The average molecular weight is 262 g/mol. The first-order valence-electron chi connectivity index (χ1n) is 9.38. The number of rotatable bonds is 5. The molecule has 0 saturated heterocycles. The normalized spacial score (nSPS) is 40.3. The van der Waals surface area contributed by atoms with E-state index in [1.54, 1.807) is 57.8 Å². The van der Waals surface area contributed by atoms with E-state index < -0.39 is 0 Å². The van der Waals surface area contributed by atoms with Crippen LogP contribution in [0.3, 0.4) is 0 Å². The second-order valence-corrected chi connectivity index (χ2v) is 7.86. The van der Waals surface area contributed by atoms with Gasteiger partial charge in [-0.3, -0.25) is 0 Å². The second-order valence-electron chi connectivity index (χ2n) is 7.86. The van der Waals surface area contributed by atoms with E-state index >= 15 is 0 Å². The lowest BCUT2D eigenvalue weighted by Gasteiger charge is -2.45. The topological polar surface area (TPSA) is 0 Å². The van der Waals surface area contributed by atoms with Crippen molar-refractivity contribution in [2.24, 2.45) is 29.6 Å². The van der Waals surface area contributed by atoms with E-state index in [0.717, 1.165) is 29.6 Å². The van der Waals surface area contributed by atoms with Crippen LogP contribution in [-0.4, -0.2) is 0 Å². The number of unbranched alkanes of at least 4 members (excludes halogenated alkanes) is 1. The Kier molecular flexibility index (Phi) is 4.87. The van der Waals surface area contributed by atoms with E-state index in [1.165, 1.54) is 25.7 Å². The highest BCUT2D eigenvalue weighted by Gasteiger charge is 2.39. The Labute approximate surface area is 120 Å². The SMILES string of the molecule is CCCCC1CCC1C1CCC(C2CCCC2)CC1. The third kappa shape index (κ3) is 3.19. The summed E-state index contributed by atoms with van der Waals surface area (Å²) in [6.45, 7) is 2.35. The zero-order valence-electron chi connectivity index (χ0n) is 13.1. The molecule has 3 aliphatic rings. The lowest BCUT2D eigenvalue weighted by molar-refractivity contribution is 0.0529. The van der Waals surface area contributed by atoms with Crippen molar-refractivity contribution in [2.75, 3.05) is 0 Å². The first-order chi connectivity index (χ1) is 9.38. The smallest absolute Gasteiger partial charge is 0.0357 e. The first kappa shape index (κ1) is 14.0. The van der Waals surface area contributed by atoms with E-state index in [4.69, 9.17) is 0 Å². The van der Waals surface area contributed by atoms with Crippen LogP contribution in [-0.2, 0) is 0 Å². The van der Waals surface area contributed by atoms with Crippen molar-refractivity contribution in [3.05, 3.63) is 0 Å². The molecule has 110 valence electrons. The molecule has 0 bridgehead atoms. The van der Waals surface area contributed by atoms with Crippen molar-refractivity contribution in [1.29, 1.82) is 0 Å². The van der Waals surface area contributed by atoms with Gasteiger partial charge in [-0.2, -0.15) is 0 Å². The van der Waals surface area contributed by atoms with E-state index in [0.29, 0.717) is 0 Å². The molecule has 0 heteroatoms. The van der Waals surface area contributed by atoms with E-state index in [9.17, 15) is 0 Å². The Morgan fingerprint density at radius 2 is 1.32 bits per heavy atom. The number of hydrogen-bond donors (Lipinski definition) is 0. The zero-order chi connectivity index (χ0) is 13.1. The maximum absolute atomic E-state index is 2.35. The van der Waals surface area contributed by atoms with Crippen molar-refractivity contribution in [2.45, 2.75) is 90.4 Å². The van der Waals surface area contributed by atoms with Crippen LogP contribution in [0.15, 0.2) is 0 Å². The summed E-state index contributed by atoms with van der Waals surface area (Å²) in [5.41, 5.74) is 0. The summed E-state index contributed by atoms with van der Waals surface area (Å²) in [4.78, 5) is 0. The summed E-state index contributed by atoms with van der Waals surface area (Å²) in [5.74, 6) is 5.68. The Morgan fingerprint density at radius 1 is 0.684 bits per heavy atom. The molecule has 3 saturated carbocycles. The molecule has 0 aromatic rings. The zero-order valence-corrected chi connectivity index (χ0v) is 13.1. The lowest BCUT2D eigenvalue weighted by atomic mass is 9.60. The molecule has 0 nitrogen and oxygen atoms in total. The fraction of sp³-hybridized carbons (Fsp3) is 1.00. The van der Waals surface area contributed by atoms with Crippen molar-refractivity contribution < 1.29 is 0 Å². The predicted octanol–water partition coefficient (Wildman–Crippen LogP) is 6.20. The van der Waals surface area contributed by atoms with Crippen molar-refractivity contribution >= 4 is 0 Å². The Balaban J connectivity index is 1.42. The molecular weight excluding hydrogens is 228 g/mol. The molecule has 0 heterocycles. The molecule has 0 aliphatic heterocycles. The van der Waals surface area contributed by atoms with Gasteiger partial charge in [-0.15, -0.1) is 0 Å². The quantitative estimate of drug-likeness (QED) is 0.553. The molecule has 0 radical (unpaired) electrons. The summed E-state index contributed by atoms with van der Waals surface area (Å²) < 4.78 is 0. The van der Waals surface area contributed by atoms with Gasteiger partial charge in [-0.25, -0.2) is 0 Å². The Morgan fingerprint density at radius 3 is 1.89 bits per heavy atom. The molecule has 3 aliphatic carbocycles. The Bertz CT molecular complexity index is 255. The van der Waals surface area contributed by atoms with Gasteiger partial charge in [0.2, 0.25) is 0 Å². The van der Waals surface area contributed by atoms with Gasteiger partial charge in [-0.1, -0.05) is 51.9 Å². The van der Waals surface area contributed by atoms with Gasteiger partial charge in [0.1, 0.15) is 0 Å². The van der Waals surface area contributed by atoms with Crippen molar-refractivity contribution in [3.8, 4) is 0 Å². The van der Waals surface area contributed by atoms with Crippen molar-refractivity contribution in [3.63, 3.8) is 0 Å². The molecule has 3 fully saturated rings. The molecule has 2 atom stereocenters. The molecular formula is C19H34. The predicted molar refractivity (Wildman–Crippen MR) is 83.1 cm³/mol. The van der Waals surface area contributed by atoms with Gasteiger partial charge in [-0.05, 0) is 68.1 Å². The summed E-state index contributed by atoms with van der Waals surface area (Å²) in [5, 5.41) is 0. The highest BCUT2D eigenvalue weighted by Crippen LogP contribution is 2.50. The summed E-state index contributed by atoms with van der Waals surface area (Å²) in [6.07, 6.45) is 20.1. The monoisotopic (exact) mass is 262 g/mol. The fourth-order valence-electron chi connectivity index (χ4n) is 5.51. The van der Waals surface area contributed by atoms with Crippen LogP contribution < -0.4 is 0 Å². The molecule has 2 unspecified atom stereocenters. The van der Waals surface area contributed by atoms with E-state index in [-0.39, 0.29) is 0 Å². The fourth-order valence-corrected chi connectivity index (χ4v) is 5.51. The van der Waals surface area contributed by atoms with Gasteiger partial charge >= 0.3 is 0 Å². The third-order valence-electron chi connectivity index (χ3n) is 6.89. The van der Waals surface area contributed by atoms with E-state index in [2.05, 4.69) is 6.92 Å². The molecule has 0 aromatic heterocycles. The van der Waals surface area contributed by atoms with Gasteiger partial charge in [0.05, 0.1) is 0 Å². The number of hydrogen-bond acceptors (Lipinski definition) is 0. The summed E-state index contributed by atoms with van der Waals surface area (Å²) in [6, 6.07) is 0. The molecule has 0 amide bonds. The van der Waals surface area contributed by atoms with Crippen LogP contribution in [0.25, 0.3) is 0 Å². The van der Waals surface area contributed by atoms with Gasteiger partial charge < -0.3 is 0 Å². The maximum Gasteiger partial charge on any atom is -0.0357 e. The molecule has 0 aromatic carbocycles. The molecule has 0 spiro atoms. The molecule has 19 heavy (non-hydrogen) atoms. The van der Waals surface area contributed by atoms with Crippen LogP contribution in [0.5, 0.6) is 0 Å². The van der Waals surface area contributed by atoms with Crippen LogP contribution in [0.4, 0.5) is 0 Å². The average Bonchev–Trinajstić information content (AvgIpc) is 2.93. The van der Waals surface area contributed by atoms with Crippen LogP contribution in [0.1, 0.15) is 90.4 Å². The lowest BCUT2D eigenvalue weighted by Crippen LogP contribution is -2.35. The largest absolute Gasteiger partial charge is 0.0654 e. The molecule has 3 rings (SSSR count). The second kappa shape index (κ2) is 6.64. The minimum Gasteiger partial charge on any atom is -0.0654 e. The highest BCUT2D eigenvalue weighted by atomic mass is 14.4. The molecule has 0 N–H and O–H groups in total. The van der Waals surface area contributed by atoms with Crippen LogP contribution in [0, 0.1) is 29.6 Å². The van der Waals surface area contributed by atoms with Gasteiger partial charge in [0, 0.05) is 0 Å². The van der Waals surface area contributed by atoms with Gasteiger partial charge in [0.25, 0.3) is 0 Å². The Hall–Kier alpha value is 0. The summed E-state index contributed by atoms with van der Waals surface area (Å²) in [7, 11) is 0. The third-order valence-corrected chi connectivity index (χ3v) is 6.89. The van der Waals surface area contributed by atoms with Gasteiger partial charge in [0.15, 0.2) is 0 Å². The standard InChI is InChI=1S/C19H34/c1-2-3-6-17-13-14-19(17)18-11-9-16(10-12-18)15-7-4-5-8-15/h15-19H,2-14H2,1H3. The van der Waals surface area contributed by atoms with Crippen LogP contribution in [0.2, 0.25) is 0 Å². The van der Waals surface area contributed by atoms with E-state index in [1.807, 2.05) is 0 Å².